The number of hydrogen-bond donors (Lipinski definition) is 1. The van der Waals surface area contributed by atoms with Crippen LogP contribution in [0.5, 0.6) is 0 Å². The molecular formula is C13H13ClFN3O2. The van der Waals surface area contributed by atoms with Gasteiger partial charge in [0, 0.05) is 24.5 Å². The number of nitrogens with one attached hydrogen (secondary N) is 1. The summed E-state index contributed by atoms with van der Waals surface area (Å²) in [7, 11) is 0. The van der Waals surface area contributed by atoms with Crippen molar-refractivity contribution in [2.75, 3.05) is 19.7 Å². The Morgan fingerprint density at radius 2 is 2.35 bits per heavy atom. The average molecular weight is 298 g/mol. The molecule has 0 aliphatic carbocycles. The van der Waals surface area contributed by atoms with Gasteiger partial charge in [-0.2, -0.15) is 4.98 Å². The Bertz CT molecular complexity index is 599. The summed E-state index contributed by atoms with van der Waals surface area (Å²) in [6, 6.07) is 4.24. The molecule has 0 saturated carbocycles. The van der Waals surface area contributed by atoms with E-state index in [0.717, 1.165) is 12.1 Å². The smallest absolute Gasteiger partial charge is 0.257 e. The Morgan fingerprint density at radius 1 is 1.45 bits per heavy atom. The Balaban J connectivity index is 1.73. The minimum atomic E-state index is -0.366. The zero-order valence-electron chi connectivity index (χ0n) is 10.6. The minimum absolute atomic E-state index is 0.214. The van der Waals surface area contributed by atoms with E-state index >= 15 is 0 Å². The van der Waals surface area contributed by atoms with Crippen molar-refractivity contribution in [3.63, 3.8) is 0 Å². The molecule has 20 heavy (non-hydrogen) atoms. The number of aromatic nitrogens is 2. The van der Waals surface area contributed by atoms with E-state index in [1.165, 1.54) is 12.1 Å². The van der Waals surface area contributed by atoms with E-state index in [4.69, 9.17) is 20.9 Å². The van der Waals surface area contributed by atoms with Crippen molar-refractivity contribution in [3.8, 4) is 0 Å². The number of nitrogens with zero attached hydrogens (tertiary/aromatic N) is 2. The van der Waals surface area contributed by atoms with Gasteiger partial charge in [-0.1, -0.05) is 22.8 Å². The molecule has 1 aliphatic rings. The van der Waals surface area contributed by atoms with Crippen molar-refractivity contribution in [1.29, 1.82) is 0 Å². The van der Waals surface area contributed by atoms with Gasteiger partial charge in [0.05, 0.1) is 6.61 Å². The summed E-state index contributed by atoms with van der Waals surface area (Å²) in [6.45, 7) is 2.09. The molecule has 1 aromatic carbocycles. The summed E-state index contributed by atoms with van der Waals surface area (Å²) in [4.78, 5) is 4.30. The van der Waals surface area contributed by atoms with Crippen LogP contribution in [-0.4, -0.2) is 29.8 Å². The molecule has 0 bridgehead atoms. The molecule has 2 aromatic rings. The van der Waals surface area contributed by atoms with E-state index in [1.807, 2.05) is 0 Å². The predicted molar refractivity (Wildman–Crippen MR) is 70.1 cm³/mol. The van der Waals surface area contributed by atoms with E-state index in [9.17, 15) is 4.39 Å². The molecule has 3 rings (SSSR count). The topological polar surface area (TPSA) is 60.2 Å². The van der Waals surface area contributed by atoms with Crippen LogP contribution in [0.2, 0.25) is 5.02 Å². The molecule has 106 valence electrons. The van der Waals surface area contributed by atoms with Crippen molar-refractivity contribution < 1.29 is 13.7 Å². The third-order valence-corrected chi connectivity index (χ3v) is 3.40. The van der Waals surface area contributed by atoms with Crippen LogP contribution in [-0.2, 0) is 11.2 Å². The van der Waals surface area contributed by atoms with Gasteiger partial charge in [0.2, 0.25) is 0 Å². The Morgan fingerprint density at radius 3 is 3.10 bits per heavy atom. The second-order valence-corrected chi connectivity index (χ2v) is 4.93. The molecule has 0 spiro atoms. The van der Waals surface area contributed by atoms with Gasteiger partial charge >= 0.3 is 0 Å². The molecule has 0 radical (unpaired) electrons. The molecule has 7 heteroatoms. The molecule has 1 aromatic heterocycles. The first-order valence-corrected chi connectivity index (χ1v) is 6.69. The SMILES string of the molecule is Fc1ccc(Cc2noc(C3CNCCO3)n2)c(Cl)c1. The van der Waals surface area contributed by atoms with Crippen LogP contribution in [0.1, 0.15) is 23.4 Å². The van der Waals surface area contributed by atoms with Crippen molar-refractivity contribution in [2.24, 2.45) is 0 Å². The largest absolute Gasteiger partial charge is 0.366 e. The minimum Gasteiger partial charge on any atom is -0.366 e. The van der Waals surface area contributed by atoms with Crippen molar-refractivity contribution in [2.45, 2.75) is 12.5 Å². The second-order valence-electron chi connectivity index (χ2n) is 4.52. The maximum absolute atomic E-state index is 13.0. The number of benzene rings is 1. The molecule has 1 fully saturated rings. The van der Waals surface area contributed by atoms with Crippen LogP contribution >= 0.6 is 11.6 Å². The predicted octanol–water partition coefficient (Wildman–Crippen LogP) is 2.11. The van der Waals surface area contributed by atoms with Crippen LogP contribution < -0.4 is 5.32 Å². The summed E-state index contributed by atoms with van der Waals surface area (Å²) in [5.74, 6) is 0.586. The quantitative estimate of drug-likeness (QED) is 0.940. The number of rotatable bonds is 3. The van der Waals surface area contributed by atoms with Crippen LogP contribution in [0.3, 0.4) is 0 Å². The second kappa shape index (κ2) is 5.87. The van der Waals surface area contributed by atoms with Crippen LogP contribution in [0.25, 0.3) is 0 Å². The van der Waals surface area contributed by atoms with Crippen LogP contribution in [0, 0.1) is 5.82 Å². The fourth-order valence-corrected chi connectivity index (χ4v) is 2.26. The normalized spacial score (nSPS) is 19.2. The lowest BCUT2D eigenvalue weighted by atomic mass is 10.1. The molecule has 2 heterocycles. The highest BCUT2D eigenvalue weighted by atomic mass is 35.5. The molecule has 1 unspecified atom stereocenters. The number of ether oxygens (including phenoxy) is 1. The first-order chi connectivity index (χ1) is 9.72. The summed E-state index contributed by atoms with van der Waals surface area (Å²) in [6.07, 6.45) is 0.177. The maximum atomic E-state index is 13.0. The highest BCUT2D eigenvalue weighted by Crippen LogP contribution is 2.21. The van der Waals surface area contributed by atoms with Gasteiger partial charge in [-0.3, -0.25) is 0 Å². The summed E-state index contributed by atoms with van der Waals surface area (Å²) in [5.41, 5.74) is 0.753. The lowest BCUT2D eigenvalue weighted by molar-refractivity contribution is 0.00755. The zero-order valence-corrected chi connectivity index (χ0v) is 11.4. The average Bonchev–Trinajstić information content (AvgIpc) is 2.92. The first kappa shape index (κ1) is 13.5. The molecule has 1 aliphatic heterocycles. The highest BCUT2D eigenvalue weighted by Gasteiger charge is 2.22. The van der Waals surface area contributed by atoms with Crippen molar-refractivity contribution in [3.05, 3.63) is 46.3 Å². The van der Waals surface area contributed by atoms with Crippen LogP contribution in [0.4, 0.5) is 4.39 Å². The summed E-state index contributed by atoms with van der Waals surface area (Å²) in [5, 5.41) is 7.45. The van der Waals surface area contributed by atoms with E-state index < -0.39 is 0 Å². The van der Waals surface area contributed by atoms with Gasteiger partial charge in [-0.05, 0) is 17.7 Å². The maximum Gasteiger partial charge on any atom is 0.257 e. The van der Waals surface area contributed by atoms with Crippen LogP contribution in [0.15, 0.2) is 22.7 Å². The van der Waals surface area contributed by atoms with Gasteiger partial charge in [0.1, 0.15) is 11.9 Å². The number of halogens is 2. The third-order valence-electron chi connectivity index (χ3n) is 3.05. The standard InChI is InChI=1S/C13H13ClFN3O2/c14-10-6-9(15)2-1-8(10)5-12-17-13(20-18-12)11-7-16-3-4-19-11/h1-2,6,11,16H,3-5,7H2. The summed E-state index contributed by atoms with van der Waals surface area (Å²) < 4.78 is 23.7. The fourth-order valence-electron chi connectivity index (χ4n) is 2.03. The lowest BCUT2D eigenvalue weighted by Gasteiger charge is -2.19. The van der Waals surface area contributed by atoms with E-state index in [0.29, 0.717) is 36.3 Å². The van der Waals surface area contributed by atoms with Crippen molar-refractivity contribution >= 4 is 11.6 Å². The van der Waals surface area contributed by atoms with Gasteiger partial charge < -0.3 is 14.6 Å². The molecule has 0 amide bonds. The Kier molecular flexibility index (Phi) is 3.95. The Labute approximate surface area is 120 Å². The van der Waals surface area contributed by atoms with Gasteiger partial charge in [0.25, 0.3) is 5.89 Å². The van der Waals surface area contributed by atoms with E-state index in [-0.39, 0.29) is 11.9 Å². The molecule has 1 saturated heterocycles. The number of hydrogen-bond acceptors (Lipinski definition) is 5. The molecule has 1 N–H and O–H groups in total. The van der Waals surface area contributed by atoms with Gasteiger partial charge in [-0.25, -0.2) is 4.39 Å². The fraction of sp³-hybridized carbons (Fsp3) is 0.385. The van der Waals surface area contributed by atoms with E-state index in [1.54, 1.807) is 6.07 Å². The molecule has 5 nitrogen and oxygen atoms in total. The first-order valence-electron chi connectivity index (χ1n) is 6.31. The lowest BCUT2D eigenvalue weighted by Crippen LogP contribution is -2.33. The highest BCUT2D eigenvalue weighted by molar-refractivity contribution is 6.31. The monoisotopic (exact) mass is 297 g/mol. The molecule has 1 atom stereocenters. The van der Waals surface area contributed by atoms with Crippen molar-refractivity contribution in [1.82, 2.24) is 15.5 Å². The van der Waals surface area contributed by atoms with Gasteiger partial charge in [-0.15, -0.1) is 0 Å². The van der Waals surface area contributed by atoms with E-state index in [2.05, 4.69) is 15.5 Å². The number of morpholine rings is 1. The zero-order chi connectivity index (χ0) is 13.9. The summed E-state index contributed by atoms with van der Waals surface area (Å²) >= 11 is 5.97. The van der Waals surface area contributed by atoms with Gasteiger partial charge in [0.15, 0.2) is 5.82 Å². The molecular weight excluding hydrogens is 285 g/mol. The third kappa shape index (κ3) is 2.98. The Hall–Kier alpha value is -1.50.